The van der Waals surface area contributed by atoms with E-state index in [0.717, 1.165) is 12.6 Å². The Kier molecular flexibility index (Phi) is 3.56. The van der Waals surface area contributed by atoms with E-state index in [1.807, 2.05) is 11.3 Å². The van der Waals surface area contributed by atoms with E-state index in [1.54, 1.807) is 0 Å². The molecule has 1 N–H and O–H groups in total. The van der Waals surface area contributed by atoms with E-state index in [0.29, 0.717) is 5.92 Å². The highest BCUT2D eigenvalue weighted by atomic mass is 32.1. The Morgan fingerprint density at radius 3 is 2.81 bits per heavy atom. The summed E-state index contributed by atoms with van der Waals surface area (Å²) >= 11 is 1.94. The van der Waals surface area contributed by atoms with Crippen molar-refractivity contribution in [1.29, 1.82) is 0 Å². The highest BCUT2D eigenvalue weighted by Crippen LogP contribution is 2.35. The largest absolute Gasteiger partial charge is 0.309 e. The van der Waals surface area contributed by atoms with Gasteiger partial charge in [-0.15, -0.1) is 11.3 Å². The molecule has 0 bridgehead atoms. The molecule has 2 aliphatic rings. The second kappa shape index (κ2) is 5.54. The van der Waals surface area contributed by atoms with Crippen molar-refractivity contribution in [1.82, 2.24) is 10.3 Å². The molecule has 4 rings (SSSR count). The number of aryl methyl sites for hydroxylation is 2. The quantitative estimate of drug-likeness (QED) is 0.923. The minimum absolute atomic E-state index is 0.623. The third kappa shape index (κ3) is 2.90. The van der Waals surface area contributed by atoms with Crippen LogP contribution in [0.4, 0.5) is 0 Å². The van der Waals surface area contributed by atoms with Crippen LogP contribution in [0.3, 0.4) is 0 Å². The highest BCUT2D eigenvalue weighted by molar-refractivity contribution is 7.11. The van der Waals surface area contributed by atoms with E-state index in [1.165, 1.54) is 58.8 Å². The lowest BCUT2D eigenvalue weighted by Gasteiger charge is -2.22. The maximum atomic E-state index is 4.88. The molecule has 1 heterocycles. The van der Waals surface area contributed by atoms with Gasteiger partial charge in [0.1, 0.15) is 0 Å². The first kappa shape index (κ1) is 13.5. The Morgan fingerprint density at radius 1 is 1.19 bits per heavy atom. The summed E-state index contributed by atoms with van der Waals surface area (Å²) in [7, 11) is 0. The van der Waals surface area contributed by atoms with Crippen molar-refractivity contribution in [2.45, 2.75) is 57.5 Å². The van der Waals surface area contributed by atoms with Crippen molar-refractivity contribution in [2.24, 2.45) is 0 Å². The molecule has 0 radical (unpaired) electrons. The molecule has 2 aliphatic carbocycles. The smallest absolute Gasteiger partial charge is 0.0965 e. The number of nitrogens with one attached hydrogen (secondary N) is 1. The molecule has 0 spiro atoms. The predicted molar refractivity (Wildman–Crippen MR) is 87.9 cm³/mol. The fourth-order valence-electron chi connectivity index (χ4n) is 3.22. The van der Waals surface area contributed by atoms with Crippen LogP contribution < -0.4 is 5.32 Å². The fraction of sp³-hybridized carbons (Fsp3) is 0.500. The normalized spacial score (nSPS) is 21.3. The Hall–Kier alpha value is -1.19. The van der Waals surface area contributed by atoms with Crippen molar-refractivity contribution < 1.29 is 0 Å². The van der Waals surface area contributed by atoms with Crippen LogP contribution in [0.5, 0.6) is 0 Å². The number of nitrogens with zero attached hydrogens (tertiary/aromatic N) is 1. The van der Waals surface area contributed by atoms with Gasteiger partial charge in [0.2, 0.25) is 0 Å². The van der Waals surface area contributed by atoms with Crippen LogP contribution in [0.25, 0.3) is 0 Å². The van der Waals surface area contributed by atoms with Gasteiger partial charge in [-0.2, -0.15) is 0 Å². The second-order valence-electron chi connectivity index (χ2n) is 6.42. The van der Waals surface area contributed by atoms with Crippen molar-refractivity contribution in [3.8, 4) is 0 Å². The van der Waals surface area contributed by atoms with E-state index >= 15 is 0 Å². The van der Waals surface area contributed by atoms with E-state index < -0.39 is 0 Å². The average Bonchev–Trinajstić information content (AvgIpc) is 3.27. The van der Waals surface area contributed by atoms with Gasteiger partial charge in [-0.25, -0.2) is 4.98 Å². The van der Waals surface area contributed by atoms with Crippen LogP contribution in [0.1, 0.15) is 51.9 Å². The Bertz CT molecular complexity index is 642. The van der Waals surface area contributed by atoms with Gasteiger partial charge in [-0.1, -0.05) is 24.3 Å². The molecule has 1 atom stereocenters. The first-order valence-electron chi connectivity index (χ1n) is 8.06. The summed E-state index contributed by atoms with van der Waals surface area (Å²) in [5.74, 6) is 0.623. The van der Waals surface area contributed by atoms with Crippen LogP contribution in [0, 0.1) is 6.92 Å². The molecule has 0 amide bonds. The van der Waals surface area contributed by atoms with Gasteiger partial charge in [-0.3, -0.25) is 0 Å². The summed E-state index contributed by atoms with van der Waals surface area (Å²) in [6.45, 7) is 3.18. The SMILES string of the molecule is Cc1nc(C2CCc3ccccc3C2)sc1CNC1CC1. The molecule has 0 saturated heterocycles. The minimum atomic E-state index is 0.623. The predicted octanol–water partition coefficient (Wildman–Crippen LogP) is 3.98. The summed E-state index contributed by atoms with van der Waals surface area (Å²) in [5.41, 5.74) is 4.30. The maximum absolute atomic E-state index is 4.88. The van der Waals surface area contributed by atoms with E-state index in [-0.39, 0.29) is 0 Å². The van der Waals surface area contributed by atoms with Gasteiger partial charge in [0.05, 0.1) is 10.7 Å². The maximum Gasteiger partial charge on any atom is 0.0965 e. The Morgan fingerprint density at radius 2 is 2.00 bits per heavy atom. The number of aromatic nitrogens is 1. The van der Waals surface area contributed by atoms with Crippen molar-refractivity contribution >= 4 is 11.3 Å². The number of thiazole rings is 1. The molecule has 1 unspecified atom stereocenters. The Labute approximate surface area is 130 Å². The first-order valence-corrected chi connectivity index (χ1v) is 8.87. The van der Waals surface area contributed by atoms with Gasteiger partial charge in [0.15, 0.2) is 0 Å². The topological polar surface area (TPSA) is 24.9 Å². The van der Waals surface area contributed by atoms with E-state index in [4.69, 9.17) is 4.98 Å². The molecule has 1 aromatic carbocycles. The number of benzene rings is 1. The number of hydrogen-bond acceptors (Lipinski definition) is 3. The molecule has 2 aromatic rings. The van der Waals surface area contributed by atoms with Gasteiger partial charge in [0, 0.05) is 23.4 Å². The van der Waals surface area contributed by atoms with Gasteiger partial charge in [-0.05, 0) is 50.2 Å². The number of rotatable bonds is 4. The van der Waals surface area contributed by atoms with Crippen molar-refractivity contribution in [3.05, 3.63) is 51.0 Å². The number of hydrogen-bond donors (Lipinski definition) is 1. The molecular weight excluding hydrogens is 276 g/mol. The highest BCUT2D eigenvalue weighted by Gasteiger charge is 2.24. The zero-order valence-electron chi connectivity index (χ0n) is 12.6. The summed E-state index contributed by atoms with van der Waals surface area (Å²) in [4.78, 5) is 6.32. The van der Waals surface area contributed by atoms with Crippen LogP contribution in [-0.2, 0) is 19.4 Å². The summed E-state index contributed by atoms with van der Waals surface area (Å²) in [6.07, 6.45) is 6.32. The summed E-state index contributed by atoms with van der Waals surface area (Å²) in [5, 5.41) is 4.97. The molecule has 1 fully saturated rings. The lowest BCUT2D eigenvalue weighted by molar-refractivity contribution is 0.581. The van der Waals surface area contributed by atoms with E-state index in [9.17, 15) is 0 Å². The van der Waals surface area contributed by atoms with Crippen LogP contribution in [0.2, 0.25) is 0 Å². The molecular formula is C18H22N2S. The molecule has 1 saturated carbocycles. The number of fused-ring (bicyclic) bond motifs is 1. The molecule has 3 heteroatoms. The fourth-order valence-corrected chi connectivity index (χ4v) is 4.37. The van der Waals surface area contributed by atoms with Crippen LogP contribution in [0.15, 0.2) is 24.3 Å². The average molecular weight is 298 g/mol. The molecule has 110 valence electrons. The lowest BCUT2D eigenvalue weighted by atomic mass is 9.84. The zero-order valence-corrected chi connectivity index (χ0v) is 13.4. The van der Waals surface area contributed by atoms with E-state index in [2.05, 4.69) is 36.5 Å². The second-order valence-corrected chi connectivity index (χ2v) is 7.54. The first-order chi connectivity index (χ1) is 10.3. The lowest BCUT2D eigenvalue weighted by Crippen LogP contribution is -2.14. The zero-order chi connectivity index (χ0) is 14.2. The molecule has 21 heavy (non-hydrogen) atoms. The summed E-state index contributed by atoms with van der Waals surface area (Å²) in [6, 6.07) is 9.67. The third-order valence-corrected chi connectivity index (χ3v) is 6.05. The van der Waals surface area contributed by atoms with Gasteiger partial charge < -0.3 is 5.32 Å². The Balaban J connectivity index is 1.50. The van der Waals surface area contributed by atoms with Crippen LogP contribution in [-0.4, -0.2) is 11.0 Å². The van der Waals surface area contributed by atoms with Gasteiger partial charge >= 0.3 is 0 Å². The summed E-state index contributed by atoms with van der Waals surface area (Å²) < 4.78 is 0. The standard InChI is InChI=1S/C18H22N2S/c1-12-17(11-19-16-8-9-16)21-18(20-12)15-7-6-13-4-2-3-5-14(13)10-15/h2-5,15-16,19H,6-11H2,1H3. The minimum Gasteiger partial charge on any atom is -0.309 e. The van der Waals surface area contributed by atoms with Crippen molar-refractivity contribution in [2.75, 3.05) is 0 Å². The molecule has 2 nitrogen and oxygen atoms in total. The monoisotopic (exact) mass is 298 g/mol. The third-order valence-electron chi connectivity index (χ3n) is 4.73. The molecule has 0 aliphatic heterocycles. The van der Waals surface area contributed by atoms with Gasteiger partial charge in [0.25, 0.3) is 0 Å². The van der Waals surface area contributed by atoms with Crippen LogP contribution >= 0.6 is 11.3 Å². The molecule has 1 aromatic heterocycles. The van der Waals surface area contributed by atoms with Crippen molar-refractivity contribution in [3.63, 3.8) is 0 Å².